The van der Waals surface area contributed by atoms with E-state index in [2.05, 4.69) is 43.1 Å². The predicted octanol–water partition coefficient (Wildman–Crippen LogP) is 5.68. The summed E-state index contributed by atoms with van der Waals surface area (Å²) < 4.78 is 5.28. The monoisotopic (exact) mass is 307 g/mol. The van der Waals surface area contributed by atoms with Gasteiger partial charge in [0.05, 0.1) is 7.11 Å². The number of benzene rings is 2. The number of hydrogen-bond donors (Lipinski definition) is 1. The maximum Gasteiger partial charge on any atom is 0.119 e. The first-order chi connectivity index (χ1) is 11.2. The molecule has 2 nitrogen and oxygen atoms in total. The second kappa shape index (κ2) is 6.91. The van der Waals surface area contributed by atoms with E-state index in [1.165, 1.54) is 24.8 Å². The van der Waals surface area contributed by atoms with Crippen LogP contribution >= 0.6 is 0 Å². The Balaban J connectivity index is 1.76. The summed E-state index contributed by atoms with van der Waals surface area (Å²) in [5.41, 5.74) is 4.48. The van der Waals surface area contributed by atoms with Gasteiger partial charge in [0.15, 0.2) is 0 Å². The molecule has 1 aliphatic rings. The van der Waals surface area contributed by atoms with Crippen LogP contribution in [0.2, 0.25) is 0 Å². The first-order valence-corrected chi connectivity index (χ1v) is 8.37. The van der Waals surface area contributed by atoms with Crippen molar-refractivity contribution in [3.63, 3.8) is 0 Å². The van der Waals surface area contributed by atoms with Crippen molar-refractivity contribution in [1.82, 2.24) is 0 Å². The molecule has 2 aromatic rings. The van der Waals surface area contributed by atoms with Crippen molar-refractivity contribution >= 4 is 11.4 Å². The Morgan fingerprint density at radius 2 is 1.96 bits per heavy atom. The molecule has 23 heavy (non-hydrogen) atoms. The minimum absolute atomic E-state index is 0.696. The van der Waals surface area contributed by atoms with E-state index in [-0.39, 0.29) is 0 Å². The highest BCUT2D eigenvalue weighted by atomic mass is 16.5. The molecule has 1 aliphatic carbocycles. The van der Waals surface area contributed by atoms with E-state index in [0.29, 0.717) is 5.92 Å². The SMILES string of the molecule is C=C(Nc1cccc(C2CCCC2C)c1)c1cccc(OC)c1. The fourth-order valence-corrected chi connectivity index (χ4v) is 3.54. The summed E-state index contributed by atoms with van der Waals surface area (Å²) in [5.74, 6) is 2.33. The lowest BCUT2D eigenvalue weighted by atomic mass is 9.90. The standard InChI is InChI=1S/C21H25NO/c1-15-7-4-12-21(15)18-9-5-10-19(13-18)22-16(2)17-8-6-11-20(14-17)23-3/h5-6,8-11,13-15,21-22H,2,4,7,12H2,1,3H3. The molecule has 2 aromatic carbocycles. The fourth-order valence-electron chi connectivity index (χ4n) is 3.54. The van der Waals surface area contributed by atoms with E-state index >= 15 is 0 Å². The van der Waals surface area contributed by atoms with E-state index in [1.807, 2.05) is 24.3 Å². The summed E-state index contributed by atoms with van der Waals surface area (Å²) in [6.07, 6.45) is 4.00. The van der Waals surface area contributed by atoms with Gasteiger partial charge in [-0.3, -0.25) is 0 Å². The number of hydrogen-bond acceptors (Lipinski definition) is 2. The van der Waals surface area contributed by atoms with Gasteiger partial charge in [-0.25, -0.2) is 0 Å². The molecular formula is C21H25NO. The highest BCUT2D eigenvalue weighted by molar-refractivity contribution is 5.76. The Morgan fingerprint density at radius 1 is 1.13 bits per heavy atom. The summed E-state index contributed by atoms with van der Waals surface area (Å²) in [5, 5.41) is 3.44. The zero-order chi connectivity index (χ0) is 16.2. The third kappa shape index (κ3) is 3.58. The molecule has 0 saturated heterocycles. The lowest BCUT2D eigenvalue weighted by Gasteiger charge is -2.18. The van der Waals surface area contributed by atoms with Gasteiger partial charge >= 0.3 is 0 Å². The van der Waals surface area contributed by atoms with Crippen molar-refractivity contribution in [2.24, 2.45) is 5.92 Å². The van der Waals surface area contributed by atoms with E-state index in [4.69, 9.17) is 4.74 Å². The summed E-state index contributed by atoms with van der Waals surface area (Å²) >= 11 is 0. The Labute approximate surface area is 139 Å². The lowest BCUT2D eigenvalue weighted by Crippen LogP contribution is -2.03. The molecule has 3 rings (SSSR count). The van der Waals surface area contributed by atoms with Gasteiger partial charge in [-0.15, -0.1) is 0 Å². The van der Waals surface area contributed by atoms with Crippen LogP contribution in [0.5, 0.6) is 5.75 Å². The average Bonchev–Trinajstić information content (AvgIpc) is 3.01. The normalized spacial score (nSPS) is 20.3. The molecule has 2 unspecified atom stereocenters. The third-order valence-corrected chi connectivity index (χ3v) is 4.89. The Kier molecular flexibility index (Phi) is 4.71. The maximum atomic E-state index is 5.28. The van der Waals surface area contributed by atoms with E-state index < -0.39 is 0 Å². The molecule has 2 atom stereocenters. The van der Waals surface area contributed by atoms with Crippen molar-refractivity contribution in [3.05, 3.63) is 66.2 Å². The number of rotatable bonds is 5. The maximum absolute atomic E-state index is 5.28. The summed E-state index contributed by atoms with van der Waals surface area (Å²) in [6, 6.07) is 16.7. The summed E-state index contributed by atoms with van der Waals surface area (Å²) in [6.45, 7) is 6.54. The van der Waals surface area contributed by atoms with Crippen molar-refractivity contribution < 1.29 is 4.74 Å². The zero-order valence-corrected chi connectivity index (χ0v) is 14.0. The van der Waals surface area contributed by atoms with Crippen molar-refractivity contribution in [2.75, 3.05) is 12.4 Å². The molecule has 0 heterocycles. The van der Waals surface area contributed by atoms with Crippen molar-refractivity contribution in [1.29, 1.82) is 0 Å². The van der Waals surface area contributed by atoms with Gasteiger partial charge in [-0.05, 0) is 48.1 Å². The Morgan fingerprint density at radius 3 is 2.70 bits per heavy atom. The molecule has 120 valence electrons. The predicted molar refractivity (Wildman–Crippen MR) is 97.8 cm³/mol. The fraction of sp³-hybridized carbons (Fsp3) is 0.333. The molecule has 0 bridgehead atoms. The topological polar surface area (TPSA) is 21.3 Å². The highest BCUT2D eigenvalue weighted by Crippen LogP contribution is 2.39. The average molecular weight is 307 g/mol. The molecule has 1 saturated carbocycles. The van der Waals surface area contributed by atoms with Crippen LogP contribution in [0.1, 0.15) is 43.2 Å². The van der Waals surface area contributed by atoms with Crippen LogP contribution in [0, 0.1) is 5.92 Å². The largest absolute Gasteiger partial charge is 0.497 e. The number of nitrogens with one attached hydrogen (secondary N) is 1. The lowest BCUT2D eigenvalue weighted by molar-refractivity contribution is 0.414. The molecule has 0 aromatic heterocycles. The van der Waals surface area contributed by atoms with Crippen LogP contribution in [0.25, 0.3) is 5.70 Å². The second-order valence-electron chi connectivity index (χ2n) is 6.48. The Bertz CT molecular complexity index is 692. The summed E-state index contributed by atoms with van der Waals surface area (Å²) in [4.78, 5) is 0. The van der Waals surface area contributed by atoms with Crippen LogP contribution in [0.4, 0.5) is 5.69 Å². The second-order valence-corrected chi connectivity index (χ2v) is 6.48. The van der Waals surface area contributed by atoms with Crippen LogP contribution in [0.3, 0.4) is 0 Å². The molecule has 1 N–H and O–H groups in total. The first kappa shape index (κ1) is 15.7. The minimum atomic E-state index is 0.696. The molecule has 1 fully saturated rings. The van der Waals surface area contributed by atoms with Crippen molar-refractivity contribution in [3.8, 4) is 5.75 Å². The quantitative estimate of drug-likeness (QED) is 0.767. The van der Waals surface area contributed by atoms with Crippen LogP contribution in [-0.2, 0) is 0 Å². The molecular weight excluding hydrogens is 282 g/mol. The van der Waals surface area contributed by atoms with Gasteiger partial charge in [0.2, 0.25) is 0 Å². The van der Waals surface area contributed by atoms with Gasteiger partial charge in [-0.2, -0.15) is 0 Å². The summed E-state index contributed by atoms with van der Waals surface area (Å²) in [7, 11) is 1.68. The van der Waals surface area contributed by atoms with Crippen LogP contribution < -0.4 is 10.1 Å². The van der Waals surface area contributed by atoms with E-state index in [9.17, 15) is 0 Å². The zero-order valence-electron chi connectivity index (χ0n) is 14.0. The van der Waals surface area contributed by atoms with E-state index in [1.54, 1.807) is 7.11 Å². The molecule has 0 aliphatic heterocycles. The highest BCUT2D eigenvalue weighted by Gasteiger charge is 2.24. The molecule has 0 amide bonds. The van der Waals surface area contributed by atoms with Gasteiger partial charge in [0.25, 0.3) is 0 Å². The van der Waals surface area contributed by atoms with Crippen LogP contribution in [0.15, 0.2) is 55.1 Å². The minimum Gasteiger partial charge on any atom is -0.497 e. The molecule has 2 heteroatoms. The molecule has 0 radical (unpaired) electrons. The number of ether oxygens (including phenoxy) is 1. The number of methoxy groups -OCH3 is 1. The third-order valence-electron chi connectivity index (χ3n) is 4.89. The smallest absolute Gasteiger partial charge is 0.119 e. The van der Waals surface area contributed by atoms with Gasteiger partial charge in [0.1, 0.15) is 5.75 Å². The van der Waals surface area contributed by atoms with Crippen LogP contribution in [-0.4, -0.2) is 7.11 Å². The number of anilines is 1. The van der Waals surface area contributed by atoms with E-state index in [0.717, 1.165) is 28.6 Å². The first-order valence-electron chi connectivity index (χ1n) is 8.37. The molecule has 0 spiro atoms. The Hall–Kier alpha value is -2.22. The van der Waals surface area contributed by atoms with Gasteiger partial charge in [-0.1, -0.05) is 50.6 Å². The van der Waals surface area contributed by atoms with Crippen molar-refractivity contribution in [2.45, 2.75) is 32.1 Å². The van der Waals surface area contributed by atoms with Gasteiger partial charge in [0, 0.05) is 16.9 Å². The van der Waals surface area contributed by atoms with Gasteiger partial charge < -0.3 is 10.1 Å².